The van der Waals surface area contributed by atoms with Gasteiger partial charge in [-0.25, -0.2) is 0 Å². The van der Waals surface area contributed by atoms with Crippen molar-refractivity contribution in [1.82, 2.24) is 0 Å². The molecule has 0 saturated heterocycles. The topological polar surface area (TPSA) is 56.8 Å². The van der Waals surface area contributed by atoms with Gasteiger partial charge in [-0.1, -0.05) is 42.5 Å². The minimum Gasteiger partial charge on any atom is -0.493 e. The lowest BCUT2D eigenvalue weighted by Gasteiger charge is -2.14. The number of allylic oxidation sites excluding steroid dienone is 1. The summed E-state index contributed by atoms with van der Waals surface area (Å²) < 4.78 is 16.9. The highest BCUT2D eigenvalue weighted by atomic mass is 16.5. The predicted octanol–water partition coefficient (Wildman–Crippen LogP) is 5.23. The van der Waals surface area contributed by atoms with Crippen molar-refractivity contribution >= 4 is 11.6 Å². The number of carbonyl (C=O) groups excluding carboxylic acids is 1. The molecule has 0 bridgehead atoms. The zero-order valence-electron chi connectivity index (χ0n) is 16.3. The molecule has 0 heterocycles. The zero-order valence-corrected chi connectivity index (χ0v) is 16.3. The fourth-order valence-electron chi connectivity index (χ4n) is 2.73. The van der Waals surface area contributed by atoms with E-state index in [-0.39, 0.29) is 12.5 Å². The van der Waals surface area contributed by atoms with Crippen LogP contribution >= 0.6 is 0 Å². The number of amides is 1. The predicted molar refractivity (Wildman–Crippen MR) is 114 cm³/mol. The largest absolute Gasteiger partial charge is 0.493 e. The van der Waals surface area contributed by atoms with E-state index in [1.54, 1.807) is 25.3 Å². The first kappa shape index (κ1) is 20.0. The van der Waals surface area contributed by atoms with Crippen molar-refractivity contribution in [2.75, 3.05) is 19.0 Å². The van der Waals surface area contributed by atoms with Crippen molar-refractivity contribution in [3.05, 3.63) is 91.0 Å². The number of nitrogens with one attached hydrogen (secondary N) is 1. The van der Waals surface area contributed by atoms with Gasteiger partial charge >= 0.3 is 0 Å². The van der Waals surface area contributed by atoms with Gasteiger partial charge in [-0.15, -0.1) is 6.58 Å². The normalized spacial score (nSPS) is 10.1. The monoisotopic (exact) mass is 389 g/mol. The Bertz CT molecular complexity index is 970. The molecular weight excluding hydrogens is 366 g/mol. The molecule has 0 aliphatic heterocycles. The highest BCUT2D eigenvalue weighted by Gasteiger charge is 2.11. The van der Waals surface area contributed by atoms with Gasteiger partial charge in [0, 0.05) is 0 Å². The molecule has 5 nitrogen and oxygen atoms in total. The van der Waals surface area contributed by atoms with Gasteiger partial charge in [-0.2, -0.15) is 0 Å². The van der Waals surface area contributed by atoms with Gasteiger partial charge in [0.05, 0.1) is 12.8 Å². The summed E-state index contributed by atoms with van der Waals surface area (Å²) in [6.45, 7) is 3.58. The quantitative estimate of drug-likeness (QED) is 0.509. The zero-order chi connectivity index (χ0) is 20.5. The summed E-state index contributed by atoms with van der Waals surface area (Å²) in [5.74, 6) is 2.02. The molecule has 3 aromatic rings. The number of para-hydroxylation sites is 3. The summed E-state index contributed by atoms with van der Waals surface area (Å²) >= 11 is 0. The number of carbonyl (C=O) groups is 1. The SMILES string of the molecule is C=CCc1ccc(OCC(=O)Nc2ccccc2Oc2ccccc2)c(OC)c1. The molecule has 0 aromatic heterocycles. The fraction of sp³-hybridized carbons (Fsp3) is 0.125. The Balaban J connectivity index is 1.64. The molecule has 1 amide bonds. The maximum absolute atomic E-state index is 12.4. The maximum Gasteiger partial charge on any atom is 0.262 e. The fourth-order valence-corrected chi connectivity index (χ4v) is 2.73. The molecule has 29 heavy (non-hydrogen) atoms. The summed E-state index contributed by atoms with van der Waals surface area (Å²) in [5, 5.41) is 2.83. The van der Waals surface area contributed by atoms with Crippen molar-refractivity contribution in [3.63, 3.8) is 0 Å². The molecule has 0 unspecified atom stereocenters. The van der Waals surface area contributed by atoms with Crippen LogP contribution in [0.5, 0.6) is 23.0 Å². The van der Waals surface area contributed by atoms with Gasteiger partial charge in [-0.05, 0) is 48.4 Å². The van der Waals surface area contributed by atoms with E-state index < -0.39 is 0 Å². The second kappa shape index (κ2) is 9.99. The van der Waals surface area contributed by atoms with E-state index in [4.69, 9.17) is 14.2 Å². The number of anilines is 1. The molecule has 3 aromatic carbocycles. The van der Waals surface area contributed by atoms with Crippen molar-refractivity contribution in [1.29, 1.82) is 0 Å². The third-order valence-corrected chi connectivity index (χ3v) is 4.10. The second-order valence-electron chi connectivity index (χ2n) is 6.23. The van der Waals surface area contributed by atoms with E-state index in [1.807, 2.05) is 60.7 Å². The smallest absolute Gasteiger partial charge is 0.262 e. The molecule has 0 spiro atoms. The van der Waals surface area contributed by atoms with Crippen LogP contribution in [-0.2, 0) is 11.2 Å². The van der Waals surface area contributed by atoms with Crippen molar-refractivity contribution < 1.29 is 19.0 Å². The van der Waals surface area contributed by atoms with E-state index >= 15 is 0 Å². The Morgan fingerprint density at radius 3 is 2.48 bits per heavy atom. The Labute approximate surface area is 170 Å². The molecular formula is C24H23NO4. The van der Waals surface area contributed by atoms with Crippen LogP contribution in [0.15, 0.2) is 85.5 Å². The van der Waals surface area contributed by atoms with E-state index in [2.05, 4.69) is 11.9 Å². The summed E-state index contributed by atoms with van der Waals surface area (Å²) in [7, 11) is 1.57. The summed E-state index contributed by atoms with van der Waals surface area (Å²) in [6.07, 6.45) is 2.55. The van der Waals surface area contributed by atoms with Crippen LogP contribution in [0.4, 0.5) is 5.69 Å². The number of benzene rings is 3. The van der Waals surface area contributed by atoms with Crippen LogP contribution < -0.4 is 19.5 Å². The van der Waals surface area contributed by atoms with Crippen LogP contribution in [0.2, 0.25) is 0 Å². The van der Waals surface area contributed by atoms with E-state index in [1.165, 1.54) is 0 Å². The number of hydrogen-bond acceptors (Lipinski definition) is 4. The third kappa shape index (κ3) is 5.62. The van der Waals surface area contributed by atoms with Gasteiger partial charge < -0.3 is 19.5 Å². The highest BCUT2D eigenvalue weighted by Crippen LogP contribution is 2.30. The van der Waals surface area contributed by atoms with E-state index in [0.717, 1.165) is 12.0 Å². The molecule has 0 radical (unpaired) electrons. The average molecular weight is 389 g/mol. The highest BCUT2D eigenvalue weighted by molar-refractivity contribution is 5.93. The lowest BCUT2D eigenvalue weighted by atomic mass is 10.1. The molecule has 0 atom stereocenters. The third-order valence-electron chi connectivity index (χ3n) is 4.10. The van der Waals surface area contributed by atoms with Gasteiger partial charge in [0.15, 0.2) is 23.9 Å². The van der Waals surface area contributed by atoms with E-state index in [9.17, 15) is 4.79 Å². The van der Waals surface area contributed by atoms with Crippen molar-refractivity contribution in [3.8, 4) is 23.0 Å². The number of ether oxygens (including phenoxy) is 3. The molecule has 0 aliphatic rings. The second-order valence-corrected chi connectivity index (χ2v) is 6.23. The lowest BCUT2D eigenvalue weighted by molar-refractivity contribution is -0.118. The Hall–Kier alpha value is -3.73. The van der Waals surface area contributed by atoms with Gasteiger partial charge in [0.2, 0.25) is 0 Å². The molecule has 1 N–H and O–H groups in total. The maximum atomic E-state index is 12.4. The molecule has 148 valence electrons. The van der Waals surface area contributed by atoms with Gasteiger partial charge in [-0.3, -0.25) is 4.79 Å². The Kier molecular flexibility index (Phi) is 6.90. The van der Waals surface area contributed by atoms with Crippen LogP contribution in [0.25, 0.3) is 0 Å². The standard InChI is InChI=1S/C24H23NO4/c1-3-9-18-14-15-22(23(16-18)27-2)28-17-24(26)25-20-12-7-8-13-21(20)29-19-10-5-4-6-11-19/h3-8,10-16H,1,9,17H2,2H3,(H,25,26). The molecule has 0 saturated carbocycles. The minimum atomic E-state index is -0.300. The van der Waals surface area contributed by atoms with Crippen LogP contribution in [-0.4, -0.2) is 19.6 Å². The van der Waals surface area contributed by atoms with Crippen LogP contribution in [0, 0.1) is 0 Å². The summed E-state index contributed by atoms with van der Waals surface area (Å²) in [6, 6.07) is 22.2. The Morgan fingerprint density at radius 2 is 1.72 bits per heavy atom. The first-order valence-corrected chi connectivity index (χ1v) is 9.22. The number of rotatable bonds is 9. The van der Waals surface area contributed by atoms with Crippen molar-refractivity contribution in [2.45, 2.75) is 6.42 Å². The summed E-state index contributed by atoms with van der Waals surface area (Å²) in [5.41, 5.74) is 1.62. The summed E-state index contributed by atoms with van der Waals surface area (Å²) in [4.78, 5) is 12.4. The first-order chi connectivity index (χ1) is 14.2. The molecule has 0 aliphatic carbocycles. The number of methoxy groups -OCH3 is 1. The average Bonchev–Trinajstić information content (AvgIpc) is 2.75. The number of hydrogen-bond donors (Lipinski definition) is 1. The van der Waals surface area contributed by atoms with Crippen LogP contribution in [0.3, 0.4) is 0 Å². The van der Waals surface area contributed by atoms with Gasteiger partial charge in [0.25, 0.3) is 5.91 Å². The van der Waals surface area contributed by atoms with Crippen LogP contribution in [0.1, 0.15) is 5.56 Å². The van der Waals surface area contributed by atoms with Crippen molar-refractivity contribution in [2.24, 2.45) is 0 Å². The molecule has 0 fully saturated rings. The lowest BCUT2D eigenvalue weighted by Crippen LogP contribution is -2.20. The Morgan fingerprint density at radius 1 is 0.966 bits per heavy atom. The van der Waals surface area contributed by atoms with Gasteiger partial charge in [0.1, 0.15) is 5.75 Å². The van der Waals surface area contributed by atoms with E-state index in [0.29, 0.717) is 28.7 Å². The first-order valence-electron chi connectivity index (χ1n) is 9.22. The molecule has 3 rings (SSSR count). The minimum absolute atomic E-state index is 0.156. The molecule has 5 heteroatoms.